The van der Waals surface area contributed by atoms with Crippen molar-refractivity contribution >= 4 is 34.0 Å². The van der Waals surface area contributed by atoms with Crippen molar-refractivity contribution in [2.24, 2.45) is 11.8 Å². The van der Waals surface area contributed by atoms with Gasteiger partial charge in [-0.15, -0.1) is 0 Å². The summed E-state index contributed by atoms with van der Waals surface area (Å²) in [5.41, 5.74) is -0.433. The second-order valence-electron chi connectivity index (χ2n) is 7.53. The molecule has 3 heterocycles. The quantitative estimate of drug-likeness (QED) is 0.451. The van der Waals surface area contributed by atoms with E-state index < -0.39 is 23.0 Å². The van der Waals surface area contributed by atoms with Gasteiger partial charge in [-0.1, -0.05) is 42.5 Å². The molecule has 2 aromatic rings. The van der Waals surface area contributed by atoms with Gasteiger partial charge in [-0.2, -0.15) is 0 Å². The first-order chi connectivity index (χ1) is 12.4. The van der Waals surface area contributed by atoms with Crippen LogP contribution in [0.5, 0.6) is 0 Å². The maximum Gasteiger partial charge on any atom is 0.241 e. The number of carbonyl (C=O) groups is 2. The second-order valence-corrected chi connectivity index (χ2v) is 7.53. The molecule has 4 atom stereocenters. The fourth-order valence-electron chi connectivity index (χ4n) is 4.83. The summed E-state index contributed by atoms with van der Waals surface area (Å²) < 4.78 is 6.04. The van der Waals surface area contributed by atoms with Crippen LogP contribution < -0.4 is 4.90 Å². The highest BCUT2D eigenvalue weighted by Gasteiger charge is 2.70. The normalized spacial score (nSPS) is 34.6. The average molecular weight is 344 g/mol. The summed E-state index contributed by atoms with van der Waals surface area (Å²) in [5.74, 6) is -1.47. The van der Waals surface area contributed by atoms with Crippen molar-refractivity contribution in [2.45, 2.75) is 25.0 Å². The van der Waals surface area contributed by atoms with Gasteiger partial charge in [-0.05, 0) is 30.7 Å². The maximum atomic E-state index is 13.3. The zero-order valence-corrected chi connectivity index (χ0v) is 14.4. The molecule has 5 rings (SSSR count). The Labute approximate surface area is 150 Å². The number of anilines is 1. The van der Waals surface area contributed by atoms with E-state index in [-0.39, 0.29) is 11.8 Å². The van der Waals surface area contributed by atoms with Gasteiger partial charge in [0.1, 0.15) is 0 Å². The molecule has 5 nitrogen and oxygen atoms in total. The number of nitrogens with zero attached hydrogens (tertiary/aromatic N) is 2. The molecule has 2 bridgehead atoms. The Morgan fingerprint density at radius 3 is 2.12 bits per heavy atom. The van der Waals surface area contributed by atoms with Crippen molar-refractivity contribution in [3.63, 3.8) is 0 Å². The molecule has 128 valence electrons. The number of imide groups is 1. The van der Waals surface area contributed by atoms with Gasteiger partial charge in [0, 0.05) is 0 Å². The van der Waals surface area contributed by atoms with Crippen molar-refractivity contribution < 1.29 is 14.3 Å². The third-order valence-corrected chi connectivity index (χ3v) is 5.97. The Balaban J connectivity index is 1.70. The largest absolute Gasteiger partial charge is 0.359 e. The lowest BCUT2D eigenvalue weighted by Crippen LogP contribution is -2.39. The molecule has 2 saturated heterocycles. The van der Waals surface area contributed by atoms with E-state index in [0.29, 0.717) is 11.4 Å². The molecule has 0 N–H and O–H groups in total. The van der Waals surface area contributed by atoms with E-state index in [4.69, 9.17) is 11.3 Å². The fourth-order valence-corrected chi connectivity index (χ4v) is 4.83. The molecule has 2 amide bonds. The first-order valence-electron chi connectivity index (χ1n) is 8.57. The molecule has 3 aliphatic rings. The van der Waals surface area contributed by atoms with Crippen LogP contribution in [0, 0.1) is 18.4 Å². The lowest BCUT2D eigenvalue weighted by atomic mass is 9.73. The lowest BCUT2D eigenvalue weighted by Gasteiger charge is -2.26. The van der Waals surface area contributed by atoms with Gasteiger partial charge in [0.15, 0.2) is 5.69 Å². The first kappa shape index (κ1) is 15.3. The van der Waals surface area contributed by atoms with Crippen LogP contribution in [0.15, 0.2) is 48.6 Å². The minimum absolute atomic E-state index is 0.226. The summed E-state index contributed by atoms with van der Waals surface area (Å²) in [4.78, 5) is 31.4. The molecule has 0 spiro atoms. The minimum Gasteiger partial charge on any atom is -0.359 e. The maximum absolute atomic E-state index is 13.3. The smallest absolute Gasteiger partial charge is 0.241 e. The number of benzene rings is 2. The van der Waals surface area contributed by atoms with E-state index in [1.807, 2.05) is 50.3 Å². The van der Waals surface area contributed by atoms with Gasteiger partial charge in [0.2, 0.25) is 11.8 Å². The van der Waals surface area contributed by atoms with Crippen molar-refractivity contribution in [1.82, 2.24) is 0 Å². The summed E-state index contributed by atoms with van der Waals surface area (Å²) in [6.07, 6.45) is 3.81. The van der Waals surface area contributed by atoms with Crippen molar-refractivity contribution in [1.29, 1.82) is 0 Å². The Morgan fingerprint density at radius 1 is 0.962 bits per heavy atom. The summed E-state index contributed by atoms with van der Waals surface area (Å²) in [7, 11) is 0. The predicted molar refractivity (Wildman–Crippen MR) is 96.7 cm³/mol. The molecule has 2 aromatic carbocycles. The number of hydrogen-bond donors (Lipinski definition) is 0. The Kier molecular flexibility index (Phi) is 2.71. The van der Waals surface area contributed by atoms with Crippen molar-refractivity contribution in [3.8, 4) is 0 Å². The molecule has 2 unspecified atom stereocenters. The number of carbonyl (C=O) groups excluding carboxylic acids is 2. The number of ether oxygens (including phenoxy) is 1. The lowest BCUT2D eigenvalue weighted by molar-refractivity contribution is -0.128. The summed E-state index contributed by atoms with van der Waals surface area (Å²) in [6, 6.07) is 10.8. The van der Waals surface area contributed by atoms with Crippen LogP contribution in [0.1, 0.15) is 13.8 Å². The van der Waals surface area contributed by atoms with E-state index >= 15 is 0 Å². The zero-order valence-electron chi connectivity index (χ0n) is 14.4. The number of fused-ring (bicyclic) bond motifs is 6. The van der Waals surface area contributed by atoms with Gasteiger partial charge in [0.25, 0.3) is 0 Å². The predicted octanol–water partition coefficient (Wildman–Crippen LogP) is 3.61. The first-order valence-corrected chi connectivity index (χ1v) is 8.57. The van der Waals surface area contributed by atoms with E-state index in [0.717, 1.165) is 10.8 Å². The molecule has 3 aliphatic heterocycles. The second kappa shape index (κ2) is 4.60. The van der Waals surface area contributed by atoms with Crippen molar-refractivity contribution in [3.05, 3.63) is 60.0 Å². The zero-order chi connectivity index (χ0) is 18.3. The van der Waals surface area contributed by atoms with E-state index in [2.05, 4.69) is 4.85 Å². The molecule has 0 radical (unpaired) electrons. The Bertz CT molecular complexity index is 1050. The Morgan fingerprint density at radius 2 is 1.54 bits per heavy atom. The van der Waals surface area contributed by atoms with Gasteiger partial charge >= 0.3 is 0 Å². The molecule has 5 heteroatoms. The monoisotopic (exact) mass is 344 g/mol. The third kappa shape index (κ3) is 1.63. The number of amides is 2. The van der Waals surface area contributed by atoms with Crippen LogP contribution in [-0.4, -0.2) is 23.0 Å². The molecule has 0 aliphatic carbocycles. The molecule has 26 heavy (non-hydrogen) atoms. The highest BCUT2D eigenvalue weighted by Crippen LogP contribution is 2.57. The minimum atomic E-state index is -0.743. The van der Waals surface area contributed by atoms with E-state index in [9.17, 15) is 9.59 Å². The highest BCUT2D eigenvalue weighted by atomic mass is 16.5. The highest BCUT2D eigenvalue weighted by molar-refractivity contribution is 6.26. The average Bonchev–Trinajstić information content (AvgIpc) is 3.18. The topological polar surface area (TPSA) is 51.0 Å². The van der Waals surface area contributed by atoms with Crippen LogP contribution in [0.3, 0.4) is 0 Å². The van der Waals surface area contributed by atoms with Gasteiger partial charge in [-0.3, -0.25) is 9.59 Å². The van der Waals surface area contributed by atoms with Crippen LogP contribution in [-0.2, 0) is 14.3 Å². The van der Waals surface area contributed by atoms with E-state index in [1.54, 1.807) is 12.1 Å². The van der Waals surface area contributed by atoms with Gasteiger partial charge in [0.05, 0.1) is 35.3 Å². The van der Waals surface area contributed by atoms with Crippen LogP contribution in [0.2, 0.25) is 0 Å². The Hall–Kier alpha value is -2.97. The van der Waals surface area contributed by atoms with Crippen LogP contribution >= 0.6 is 0 Å². The fraction of sp³-hybridized carbons (Fsp3) is 0.286. The van der Waals surface area contributed by atoms with Gasteiger partial charge < -0.3 is 4.74 Å². The summed E-state index contributed by atoms with van der Waals surface area (Å²) in [6.45, 7) is 11.1. The molecule has 2 fully saturated rings. The van der Waals surface area contributed by atoms with Crippen LogP contribution in [0.4, 0.5) is 11.4 Å². The number of rotatable bonds is 1. The standard InChI is InChI=1S/C21H16N2O3/c1-20-10-11-21(2,26-20)17-16(20)18(24)23(19(17)25)15-9-8-14(22-3)12-6-4-5-7-13(12)15/h4-11,16-17H,1-2H3/t16-,17+,20?,21?. The molecular weight excluding hydrogens is 328 g/mol. The third-order valence-electron chi connectivity index (χ3n) is 5.97. The van der Waals surface area contributed by atoms with E-state index in [1.165, 1.54) is 4.90 Å². The SMILES string of the molecule is [C-]#[N+]c1ccc(N2C(=O)[C@@H]3[C@H](C2=O)C2(C)C=CC3(C)O2)c2ccccc12. The summed E-state index contributed by atoms with van der Waals surface area (Å²) in [5, 5.41) is 1.48. The number of hydrogen-bond acceptors (Lipinski definition) is 3. The van der Waals surface area contributed by atoms with Gasteiger partial charge in [-0.25, -0.2) is 9.74 Å². The molecule has 0 saturated carbocycles. The summed E-state index contributed by atoms with van der Waals surface area (Å²) >= 11 is 0. The molecule has 0 aromatic heterocycles. The molecular formula is C21H16N2O3. The van der Waals surface area contributed by atoms with Crippen LogP contribution in [0.25, 0.3) is 15.6 Å². The van der Waals surface area contributed by atoms with Crippen molar-refractivity contribution in [2.75, 3.05) is 4.90 Å².